The largest absolute Gasteiger partial charge is 0.294 e. The van der Waals surface area contributed by atoms with Crippen molar-refractivity contribution < 1.29 is 9.59 Å². The van der Waals surface area contributed by atoms with Gasteiger partial charge < -0.3 is 0 Å². The van der Waals surface area contributed by atoms with Gasteiger partial charge in [0.1, 0.15) is 12.4 Å². The minimum Gasteiger partial charge on any atom is -0.294 e. The van der Waals surface area contributed by atoms with Crippen LogP contribution in [0.15, 0.2) is 53.3 Å². The third-order valence-corrected chi connectivity index (χ3v) is 5.84. The zero-order valence-corrected chi connectivity index (χ0v) is 17.1. The lowest BCUT2D eigenvalue weighted by Gasteiger charge is -2.27. The number of piperidine rings is 1. The average molecular weight is 417 g/mol. The number of nitrogens with zero attached hydrogens (tertiary/aromatic N) is 4. The Labute approximate surface area is 179 Å². The van der Waals surface area contributed by atoms with E-state index in [-0.39, 0.29) is 30.5 Å². The van der Waals surface area contributed by atoms with Gasteiger partial charge in [0.2, 0.25) is 0 Å². The number of rotatable bonds is 3. The second kappa shape index (κ2) is 7.96. The maximum absolute atomic E-state index is 13.3. The predicted molar refractivity (Wildman–Crippen MR) is 116 cm³/mol. The van der Waals surface area contributed by atoms with Crippen molar-refractivity contribution in [3.63, 3.8) is 0 Å². The molecule has 158 valence electrons. The minimum atomic E-state index is -0.364. The van der Waals surface area contributed by atoms with E-state index in [2.05, 4.69) is 15.3 Å². The van der Waals surface area contributed by atoms with Crippen LogP contribution >= 0.6 is 0 Å². The van der Waals surface area contributed by atoms with Gasteiger partial charge in [-0.1, -0.05) is 30.7 Å². The van der Waals surface area contributed by atoms with Crippen LogP contribution in [0.1, 0.15) is 35.4 Å². The van der Waals surface area contributed by atoms with Gasteiger partial charge in [-0.15, -0.1) is 0 Å². The Balaban J connectivity index is 1.54. The number of benzene rings is 2. The zero-order chi connectivity index (χ0) is 21.4. The highest BCUT2D eigenvalue weighted by Crippen LogP contribution is 2.22. The summed E-state index contributed by atoms with van der Waals surface area (Å²) in [6, 6.07) is 14.0. The molecule has 1 aromatic heterocycles. The van der Waals surface area contributed by atoms with Gasteiger partial charge in [-0.25, -0.2) is 9.99 Å². The van der Waals surface area contributed by atoms with Gasteiger partial charge in [0.05, 0.1) is 28.7 Å². The average Bonchev–Trinajstić information content (AvgIpc) is 2.90. The maximum Gasteiger partial charge on any atom is 0.274 e. The molecule has 5 rings (SSSR count). The van der Waals surface area contributed by atoms with Crippen LogP contribution in [0.3, 0.4) is 0 Å². The summed E-state index contributed by atoms with van der Waals surface area (Å²) >= 11 is 0. The van der Waals surface area contributed by atoms with Gasteiger partial charge in [-0.2, -0.15) is 0 Å². The van der Waals surface area contributed by atoms with E-state index in [4.69, 9.17) is 0 Å². The lowest BCUT2D eigenvalue weighted by Crippen LogP contribution is -2.49. The minimum absolute atomic E-state index is 0.000667. The van der Waals surface area contributed by atoms with Crippen molar-refractivity contribution in [1.29, 1.82) is 0 Å². The Kier molecular flexibility index (Phi) is 4.99. The molecule has 1 saturated heterocycles. The van der Waals surface area contributed by atoms with Crippen LogP contribution in [0.5, 0.6) is 0 Å². The molecule has 2 aliphatic rings. The molecule has 2 aliphatic heterocycles. The molecule has 2 amide bonds. The fourth-order valence-corrected chi connectivity index (χ4v) is 4.34. The molecule has 1 fully saturated rings. The highest BCUT2D eigenvalue weighted by atomic mass is 16.2. The fourth-order valence-electron chi connectivity index (χ4n) is 4.34. The summed E-state index contributed by atoms with van der Waals surface area (Å²) in [6.07, 6.45) is 3.35. The molecular formula is C23H23N5O3. The Bertz CT molecular complexity index is 1230. The molecule has 8 nitrogen and oxygen atoms in total. The predicted octanol–water partition coefficient (Wildman–Crippen LogP) is 1.86. The van der Waals surface area contributed by atoms with Crippen molar-refractivity contribution in [3.8, 4) is 5.69 Å². The summed E-state index contributed by atoms with van der Waals surface area (Å²) in [5.74, 6) is -0.207. The summed E-state index contributed by atoms with van der Waals surface area (Å²) < 4.78 is 1.48. The third kappa shape index (κ3) is 3.59. The molecule has 0 saturated carbocycles. The van der Waals surface area contributed by atoms with Crippen LogP contribution in [0.25, 0.3) is 16.6 Å². The second-order valence-electron chi connectivity index (χ2n) is 7.97. The molecule has 2 aromatic carbocycles. The van der Waals surface area contributed by atoms with Crippen LogP contribution in [0.4, 0.5) is 0 Å². The first kappa shape index (κ1) is 19.4. The monoisotopic (exact) mass is 417 g/mol. The molecule has 0 aliphatic carbocycles. The maximum atomic E-state index is 13.3. The number of hydrogen-bond acceptors (Lipinski definition) is 5. The Morgan fingerprint density at radius 3 is 2.55 bits per heavy atom. The summed E-state index contributed by atoms with van der Waals surface area (Å²) in [5, 5.41) is 1.75. The zero-order valence-electron chi connectivity index (χ0n) is 17.1. The first-order valence-corrected chi connectivity index (χ1v) is 10.6. The van der Waals surface area contributed by atoms with Crippen molar-refractivity contribution in [2.45, 2.75) is 25.8 Å². The number of fused-ring (bicyclic) bond motifs is 4. The van der Waals surface area contributed by atoms with E-state index < -0.39 is 0 Å². The summed E-state index contributed by atoms with van der Waals surface area (Å²) in [5.41, 5.74) is 3.90. The standard InChI is InChI=1S/C23H23N5O3/c29-21(15-26-12-6-1-7-13-26)25-27-14-20-24-18-10-4-2-8-16(18)23(31)28(20)19-11-5-3-9-17(19)22(27)30/h2-5,8-11H,1,6-7,12-15H2,(H,25,29). The first-order valence-electron chi connectivity index (χ1n) is 10.6. The van der Waals surface area contributed by atoms with Crippen LogP contribution in [0.2, 0.25) is 0 Å². The molecule has 8 heteroatoms. The number of likely N-dealkylation sites (tertiary alicyclic amines) is 1. The molecule has 0 atom stereocenters. The molecule has 3 heterocycles. The lowest BCUT2D eigenvalue weighted by atomic mass is 10.1. The molecule has 0 bridgehead atoms. The normalized spacial score (nSPS) is 16.5. The van der Waals surface area contributed by atoms with Gasteiger partial charge in [0, 0.05) is 0 Å². The Morgan fingerprint density at radius 2 is 1.71 bits per heavy atom. The van der Waals surface area contributed by atoms with Gasteiger partial charge >= 0.3 is 0 Å². The number of aromatic nitrogens is 2. The molecule has 0 unspecified atom stereocenters. The number of hydrogen-bond donors (Lipinski definition) is 1. The number of para-hydroxylation sites is 2. The van der Waals surface area contributed by atoms with Crippen LogP contribution < -0.4 is 11.0 Å². The van der Waals surface area contributed by atoms with E-state index in [1.807, 2.05) is 6.07 Å². The van der Waals surface area contributed by atoms with E-state index in [1.165, 1.54) is 16.0 Å². The van der Waals surface area contributed by atoms with E-state index in [9.17, 15) is 14.4 Å². The van der Waals surface area contributed by atoms with Crippen molar-refractivity contribution in [3.05, 3.63) is 70.3 Å². The fraction of sp³-hybridized carbons (Fsp3) is 0.304. The lowest BCUT2D eigenvalue weighted by molar-refractivity contribution is -0.126. The molecule has 0 spiro atoms. The smallest absolute Gasteiger partial charge is 0.274 e. The third-order valence-electron chi connectivity index (χ3n) is 5.84. The van der Waals surface area contributed by atoms with Gasteiger partial charge in [-0.3, -0.25) is 29.3 Å². The van der Waals surface area contributed by atoms with Crippen molar-refractivity contribution >= 4 is 22.7 Å². The Hall–Kier alpha value is -3.52. The van der Waals surface area contributed by atoms with E-state index in [0.717, 1.165) is 25.9 Å². The van der Waals surface area contributed by atoms with Crippen molar-refractivity contribution in [2.75, 3.05) is 19.6 Å². The molecule has 3 aromatic rings. The van der Waals surface area contributed by atoms with Gasteiger partial charge in [0.15, 0.2) is 0 Å². The molecule has 31 heavy (non-hydrogen) atoms. The number of nitrogens with one attached hydrogen (secondary N) is 1. The van der Waals surface area contributed by atoms with Crippen LogP contribution in [-0.2, 0) is 11.3 Å². The second-order valence-corrected chi connectivity index (χ2v) is 7.97. The van der Waals surface area contributed by atoms with Gasteiger partial charge in [-0.05, 0) is 50.2 Å². The quantitative estimate of drug-likeness (QED) is 0.703. The number of carbonyl (C=O) groups is 2. The first-order chi connectivity index (χ1) is 15.1. The molecule has 1 N–H and O–H groups in total. The SMILES string of the molecule is O=C(CN1CCCCC1)NN1Cc2nc3ccccc3c(=O)n2-c2ccccc2C1=O. The number of amides is 2. The summed E-state index contributed by atoms with van der Waals surface area (Å²) in [4.78, 5) is 46.0. The summed E-state index contributed by atoms with van der Waals surface area (Å²) in [6.45, 7) is 2.01. The van der Waals surface area contributed by atoms with Crippen molar-refractivity contribution in [1.82, 2.24) is 24.9 Å². The number of hydrazine groups is 1. The molecular weight excluding hydrogens is 394 g/mol. The van der Waals surface area contributed by atoms with Crippen molar-refractivity contribution in [2.24, 2.45) is 0 Å². The van der Waals surface area contributed by atoms with E-state index in [0.29, 0.717) is 28.0 Å². The van der Waals surface area contributed by atoms with E-state index in [1.54, 1.807) is 42.5 Å². The molecule has 0 radical (unpaired) electrons. The van der Waals surface area contributed by atoms with E-state index >= 15 is 0 Å². The Morgan fingerprint density at radius 1 is 0.968 bits per heavy atom. The topological polar surface area (TPSA) is 87.5 Å². The number of carbonyl (C=O) groups excluding carboxylic acids is 2. The van der Waals surface area contributed by atoms with Gasteiger partial charge in [0.25, 0.3) is 17.4 Å². The highest BCUT2D eigenvalue weighted by molar-refractivity contribution is 5.99. The summed E-state index contributed by atoms with van der Waals surface area (Å²) in [7, 11) is 0. The van der Waals surface area contributed by atoms with Crippen LogP contribution in [0, 0.1) is 0 Å². The highest BCUT2D eigenvalue weighted by Gasteiger charge is 2.29. The van der Waals surface area contributed by atoms with Crippen LogP contribution in [-0.4, -0.2) is 50.9 Å².